The number of nitrogens with one attached hydrogen (secondary N) is 1. The third kappa shape index (κ3) is 12.3. The van der Waals surface area contributed by atoms with Gasteiger partial charge in [-0.05, 0) is 24.1 Å². The summed E-state index contributed by atoms with van der Waals surface area (Å²) in [5.41, 5.74) is 7.46. The van der Waals surface area contributed by atoms with Crippen LogP contribution in [0.5, 0.6) is 0 Å². The summed E-state index contributed by atoms with van der Waals surface area (Å²) >= 11 is 0. The van der Waals surface area contributed by atoms with E-state index < -0.39 is 12.1 Å². The van der Waals surface area contributed by atoms with Gasteiger partial charge in [0.2, 0.25) is 5.91 Å². The Bertz CT molecular complexity index is 531. The van der Waals surface area contributed by atoms with E-state index >= 15 is 0 Å². The molecule has 0 spiro atoms. The molecule has 8 heteroatoms. The smallest absolute Gasteiger partial charge is 0.475 e. The Morgan fingerprint density at radius 2 is 1.54 bits per heavy atom. The molecule has 5 nitrogen and oxygen atoms in total. The summed E-state index contributed by atoms with van der Waals surface area (Å²) in [5, 5.41) is 10.0. The highest BCUT2D eigenvalue weighted by atomic mass is 19.4. The largest absolute Gasteiger partial charge is 0.490 e. The summed E-state index contributed by atoms with van der Waals surface area (Å²) in [6.07, 6.45) is 2.77. The molecule has 1 aromatic rings. The van der Waals surface area contributed by atoms with Crippen LogP contribution >= 0.6 is 0 Å². The van der Waals surface area contributed by atoms with Crippen LogP contribution in [-0.4, -0.2) is 23.2 Å². The molecule has 4 N–H and O–H groups in total. The van der Waals surface area contributed by atoms with Crippen LogP contribution in [0.4, 0.5) is 18.9 Å². The van der Waals surface area contributed by atoms with Gasteiger partial charge in [0.1, 0.15) is 0 Å². The minimum Gasteiger partial charge on any atom is -0.475 e. The molecule has 0 unspecified atom stereocenters. The molecule has 0 saturated carbocycles. The van der Waals surface area contributed by atoms with Gasteiger partial charge >= 0.3 is 12.1 Å². The summed E-state index contributed by atoms with van der Waals surface area (Å²) in [5.74, 6) is -2.65. The topological polar surface area (TPSA) is 92.4 Å². The Hall–Kier alpha value is -2.09. The monoisotopic (exact) mass is 376 g/mol. The van der Waals surface area contributed by atoms with Gasteiger partial charge in [0.25, 0.3) is 0 Å². The second kappa shape index (κ2) is 13.2. The number of halogens is 3. The van der Waals surface area contributed by atoms with Crippen molar-refractivity contribution in [3.63, 3.8) is 0 Å². The van der Waals surface area contributed by atoms with E-state index in [1.54, 1.807) is 0 Å². The van der Waals surface area contributed by atoms with Crippen LogP contribution in [0.3, 0.4) is 0 Å². The lowest BCUT2D eigenvalue weighted by Crippen LogP contribution is -2.21. The number of carboxylic acids is 1. The van der Waals surface area contributed by atoms with E-state index in [0.29, 0.717) is 13.0 Å². The molecule has 26 heavy (non-hydrogen) atoms. The van der Waals surface area contributed by atoms with Gasteiger partial charge in [0.05, 0.1) is 0 Å². The number of carboxylic acid groups (broad SMARTS) is 1. The predicted octanol–water partition coefficient (Wildman–Crippen LogP) is 4.47. The Morgan fingerprint density at radius 1 is 1.04 bits per heavy atom. The molecular formula is C18H27F3N2O3. The van der Waals surface area contributed by atoms with Crippen molar-refractivity contribution in [1.29, 1.82) is 0 Å². The number of carbonyl (C=O) groups is 2. The maximum absolute atomic E-state index is 11.7. The van der Waals surface area contributed by atoms with Gasteiger partial charge in [-0.15, -0.1) is 0 Å². The number of anilines is 1. The van der Waals surface area contributed by atoms with Gasteiger partial charge in [-0.1, -0.05) is 51.2 Å². The fraction of sp³-hybridized carbons (Fsp3) is 0.556. The lowest BCUT2D eigenvalue weighted by Gasteiger charge is -2.06. The van der Waals surface area contributed by atoms with E-state index in [0.717, 1.165) is 24.1 Å². The van der Waals surface area contributed by atoms with E-state index in [4.69, 9.17) is 15.6 Å². The van der Waals surface area contributed by atoms with Crippen molar-refractivity contribution < 1.29 is 27.9 Å². The van der Waals surface area contributed by atoms with Crippen molar-refractivity contribution in [3.8, 4) is 0 Å². The second-order valence-corrected chi connectivity index (χ2v) is 5.77. The molecular weight excluding hydrogens is 349 g/mol. The molecule has 0 heterocycles. The van der Waals surface area contributed by atoms with Crippen LogP contribution in [0.25, 0.3) is 0 Å². The minimum absolute atomic E-state index is 0.107. The average Bonchev–Trinajstić information content (AvgIpc) is 2.58. The minimum atomic E-state index is -5.08. The lowest BCUT2D eigenvalue weighted by molar-refractivity contribution is -0.192. The zero-order chi connectivity index (χ0) is 20.0. The fourth-order valence-corrected chi connectivity index (χ4v) is 2.01. The highest BCUT2D eigenvalue weighted by molar-refractivity contribution is 5.90. The first kappa shape index (κ1) is 23.9. The molecule has 0 fully saturated rings. The molecule has 0 aliphatic heterocycles. The van der Waals surface area contributed by atoms with Gasteiger partial charge in [-0.25, -0.2) is 4.79 Å². The standard InChI is InChI=1S/C16H26N2O.C2HF3O2/c1-2-3-4-5-6-7-8-16(19)18-15-11-9-14(13-17)10-12-15;3-2(4,5)1(6)7/h9-12H,2-8,13,17H2,1H3,(H,18,19);(H,6,7). The van der Waals surface area contributed by atoms with Gasteiger partial charge in [-0.2, -0.15) is 13.2 Å². The molecule has 1 aromatic carbocycles. The predicted molar refractivity (Wildman–Crippen MR) is 94.6 cm³/mol. The first-order chi connectivity index (χ1) is 12.2. The SMILES string of the molecule is CCCCCCCCC(=O)Nc1ccc(CN)cc1.O=C(O)C(F)(F)F. The number of unbranched alkanes of at least 4 members (excludes halogenated alkanes) is 5. The highest BCUT2D eigenvalue weighted by Gasteiger charge is 2.38. The van der Waals surface area contributed by atoms with Crippen LogP contribution in [0.1, 0.15) is 57.4 Å². The summed E-state index contributed by atoms with van der Waals surface area (Å²) in [7, 11) is 0. The molecule has 0 saturated heterocycles. The molecule has 0 radical (unpaired) electrons. The summed E-state index contributed by atoms with van der Waals surface area (Å²) in [6, 6.07) is 7.70. The Kier molecular flexibility index (Phi) is 12.1. The summed E-state index contributed by atoms with van der Waals surface area (Å²) in [4.78, 5) is 20.6. The number of rotatable bonds is 9. The van der Waals surface area contributed by atoms with Crippen molar-refractivity contribution in [2.75, 3.05) is 5.32 Å². The van der Waals surface area contributed by atoms with E-state index in [9.17, 15) is 18.0 Å². The molecule has 0 bridgehead atoms. The van der Waals surface area contributed by atoms with E-state index in [1.165, 1.54) is 25.7 Å². The van der Waals surface area contributed by atoms with E-state index in [2.05, 4.69) is 12.2 Å². The van der Waals surface area contributed by atoms with Crippen LogP contribution in [0, 0.1) is 0 Å². The fourth-order valence-electron chi connectivity index (χ4n) is 2.01. The number of carbonyl (C=O) groups excluding carboxylic acids is 1. The Balaban J connectivity index is 0.000000758. The van der Waals surface area contributed by atoms with Crippen LogP contribution in [0.15, 0.2) is 24.3 Å². The normalized spacial score (nSPS) is 10.7. The molecule has 0 aliphatic carbocycles. The maximum atomic E-state index is 11.7. The lowest BCUT2D eigenvalue weighted by atomic mass is 10.1. The molecule has 1 rings (SSSR count). The summed E-state index contributed by atoms with van der Waals surface area (Å²) < 4.78 is 31.7. The third-order valence-corrected chi connectivity index (χ3v) is 3.47. The van der Waals surface area contributed by atoms with Crippen molar-refractivity contribution in [3.05, 3.63) is 29.8 Å². The zero-order valence-electron chi connectivity index (χ0n) is 14.9. The number of alkyl halides is 3. The number of aliphatic carboxylic acids is 1. The second-order valence-electron chi connectivity index (χ2n) is 5.77. The molecule has 1 amide bonds. The van der Waals surface area contributed by atoms with Crippen molar-refractivity contribution in [1.82, 2.24) is 0 Å². The quantitative estimate of drug-likeness (QED) is 0.555. The highest BCUT2D eigenvalue weighted by Crippen LogP contribution is 2.13. The van der Waals surface area contributed by atoms with Gasteiger partial charge < -0.3 is 16.2 Å². The average molecular weight is 376 g/mol. The van der Waals surface area contributed by atoms with Crippen molar-refractivity contribution >= 4 is 17.6 Å². The van der Waals surface area contributed by atoms with Gasteiger partial charge in [0.15, 0.2) is 0 Å². The van der Waals surface area contributed by atoms with Crippen molar-refractivity contribution in [2.45, 2.75) is 64.6 Å². The third-order valence-electron chi connectivity index (χ3n) is 3.47. The van der Waals surface area contributed by atoms with E-state index in [1.807, 2.05) is 24.3 Å². The van der Waals surface area contributed by atoms with Gasteiger partial charge in [0, 0.05) is 18.7 Å². The van der Waals surface area contributed by atoms with E-state index in [-0.39, 0.29) is 5.91 Å². The first-order valence-electron chi connectivity index (χ1n) is 8.59. The van der Waals surface area contributed by atoms with Crippen LogP contribution in [-0.2, 0) is 16.1 Å². The zero-order valence-corrected chi connectivity index (χ0v) is 14.9. The molecule has 0 aromatic heterocycles. The van der Waals surface area contributed by atoms with Crippen molar-refractivity contribution in [2.24, 2.45) is 5.73 Å². The molecule has 0 aliphatic rings. The van der Waals surface area contributed by atoms with Crippen LogP contribution in [0.2, 0.25) is 0 Å². The number of hydrogen-bond acceptors (Lipinski definition) is 3. The Labute approximate surface area is 151 Å². The maximum Gasteiger partial charge on any atom is 0.490 e. The van der Waals surface area contributed by atoms with Gasteiger partial charge in [-0.3, -0.25) is 4.79 Å². The molecule has 148 valence electrons. The molecule has 0 atom stereocenters. The number of amides is 1. The number of benzene rings is 1. The number of nitrogens with two attached hydrogens (primary N) is 1. The van der Waals surface area contributed by atoms with Crippen LogP contribution < -0.4 is 11.1 Å². The summed E-state index contributed by atoms with van der Waals surface area (Å²) in [6.45, 7) is 2.75. The first-order valence-corrected chi connectivity index (χ1v) is 8.59. The Morgan fingerprint density at radius 3 is 2.00 bits per heavy atom. The number of hydrogen-bond donors (Lipinski definition) is 3.